The number of aliphatic hydroxyl groups is 1. The van der Waals surface area contributed by atoms with Crippen molar-refractivity contribution in [1.82, 2.24) is 0 Å². The summed E-state index contributed by atoms with van der Waals surface area (Å²) in [7, 11) is 0. The number of benzene rings is 2. The molecule has 0 saturated carbocycles. The van der Waals surface area contributed by atoms with Crippen molar-refractivity contribution < 1.29 is 24.5 Å². The molecule has 0 aliphatic carbocycles. The molecule has 176 valence electrons. The second kappa shape index (κ2) is 8.99. The fourth-order valence-electron chi connectivity index (χ4n) is 4.17. The van der Waals surface area contributed by atoms with Crippen molar-refractivity contribution in [2.24, 2.45) is 0 Å². The summed E-state index contributed by atoms with van der Waals surface area (Å²) >= 11 is 1.37. The molecule has 1 aromatic heterocycles. The lowest BCUT2D eigenvalue weighted by Gasteiger charge is -2.25. The van der Waals surface area contributed by atoms with E-state index in [0.29, 0.717) is 22.8 Å². The predicted molar refractivity (Wildman–Crippen MR) is 134 cm³/mol. The summed E-state index contributed by atoms with van der Waals surface area (Å²) in [6.07, 6.45) is 0. The maximum Gasteiger partial charge on any atom is 0.300 e. The minimum Gasteiger partial charge on any atom is -0.507 e. The second-order valence-electron chi connectivity index (χ2n) is 9.07. The highest BCUT2D eigenvalue weighted by Crippen LogP contribution is 2.46. The Morgan fingerprint density at radius 1 is 1.09 bits per heavy atom. The van der Waals surface area contributed by atoms with E-state index in [9.17, 15) is 19.8 Å². The van der Waals surface area contributed by atoms with Crippen LogP contribution in [0.4, 0.5) is 5.69 Å². The van der Waals surface area contributed by atoms with Crippen molar-refractivity contribution in [3.8, 4) is 11.5 Å². The highest BCUT2D eigenvalue weighted by molar-refractivity contribution is 7.10. The first-order valence-corrected chi connectivity index (χ1v) is 11.9. The van der Waals surface area contributed by atoms with Crippen molar-refractivity contribution >= 4 is 34.5 Å². The minimum absolute atomic E-state index is 0.0141. The van der Waals surface area contributed by atoms with Crippen LogP contribution in [-0.2, 0) is 15.0 Å². The van der Waals surface area contributed by atoms with E-state index < -0.39 is 17.7 Å². The van der Waals surface area contributed by atoms with E-state index in [4.69, 9.17) is 4.74 Å². The average Bonchev–Trinajstić information content (AvgIpc) is 3.41. The van der Waals surface area contributed by atoms with Crippen molar-refractivity contribution in [2.75, 3.05) is 11.5 Å². The van der Waals surface area contributed by atoms with Crippen LogP contribution in [0.15, 0.2) is 65.6 Å². The summed E-state index contributed by atoms with van der Waals surface area (Å²) < 4.78 is 5.78. The monoisotopic (exact) mass is 477 g/mol. The van der Waals surface area contributed by atoms with Gasteiger partial charge in [0.2, 0.25) is 0 Å². The molecule has 34 heavy (non-hydrogen) atoms. The SMILES string of the molecule is CCOc1ccc(/C(O)=C2/C(=O)C(=O)N(c3ccccc3O)C2c2cccs2)cc1C(C)(C)C. The number of hydrogen-bond donors (Lipinski definition) is 2. The molecule has 1 atom stereocenters. The molecule has 7 heteroatoms. The van der Waals surface area contributed by atoms with Crippen molar-refractivity contribution in [3.63, 3.8) is 0 Å². The highest BCUT2D eigenvalue weighted by Gasteiger charge is 2.48. The van der Waals surface area contributed by atoms with Crippen LogP contribution in [0.3, 0.4) is 0 Å². The molecule has 2 N–H and O–H groups in total. The van der Waals surface area contributed by atoms with Crippen LogP contribution in [0.2, 0.25) is 0 Å². The number of amides is 1. The second-order valence-corrected chi connectivity index (χ2v) is 10.0. The molecule has 1 saturated heterocycles. The number of phenolic OH excluding ortho intramolecular Hbond substituents is 1. The maximum absolute atomic E-state index is 13.3. The molecule has 0 bridgehead atoms. The van der Waals surface area contributed by atoms with Gasteiger partial charge in [-0.05, 0) is 54.1 Å². The normalized spacial score (nSPS) is 17.9. The lowest BCUT2D eigenvalue weighted by molar-refractivity contribution is -0.132. The number of ketones is 1. The summed E-state index contributed by atoms with van der Waals surface area (Å²) in [5.74, 6) is -1.28. The van der Waals surface area contributed by atoms with Crippen LogP contribution in [-0.4, -0.2) is 28.5 Å². The highest BCUT2D eigenvalue weighted by atomic mass is 32.1. The van der Waals surface area contributed by atoms with Gasteiger partial charge in [-0.1, -0.05) is 39.0 Å². The van der Waals surface area contributed by atoms with Crippen LogP contribution in [0.25, 0.3) is 5.76 Å². The Labute approximate surface area is 202 Å². The number of aliphatic hydroxyl groups excluding tert-OH is 1. The molecular weight excluding hydrogens is 450 g/mol. The first kappa shape index (κ1) is 23.6. The van der Waals surface area contributed by atoms with E-state index in [1.165, 1.54) is 22.3 Å². The van der Waals surface area contributed by atoms with Gasteiger partial charge in [0.05, 0.1) is 17.9 Å². The number of carbonyl (C=O) groups excluding carboxylic acids is 2. The summed E-state index contributed by atoms with van der Waals surface area (Å²) in [5, 5.41) is 23.7. The number of thiophene rings is 1. The van der Waals surface area contributed by atoms with Crippen LogP contribution >= 0.6 is 11.3 Å². The zero-order valence-corrected chi connectivity index (χ0v) is 20.3. The Balaban J connectivity index is 1.93. The van der Waals surface area contributed by atoms with Gasteiger partial charge in [-0.3, -0.25) is 14.5 Å². The fraction of sp³-hybridized carbons (Fsp3) is 0.259. The average molecular weight is 478 g/mol. The lowest BCUT2D eigenvalue weighted by Crippen LogP contribution is -2.29. The number of aromatic hydroxyl groups is 1. The zero-order chi connectivity index (χ0) is 24.6. The molecule has 1 aliphatic rings. The van der Waals surface area contributed by atoms with Crippen molar-refractivity contribution in [2.45, 2.75) is 39.2 Å². The maximum atomic E-state index is 13.3. The molecule has 1 fully saturated rings. The van der Waals surface area contributed by atoms with Gasteiger partial charge >= 0.3 is 0 Å². The number of nitrogens with zero attached hydrogens (tertiary/aromatic N) is 1. The van der Waals surface area contributed by atoms with E-state index >= 15 is 0 Å². The predicted octanol–water partition coefficient (Wildman–Crippen LogP) is 5.78. The van der Waals surface area contributed by atoms with Crippen molar-refractivity contribution in [1.29, 1.82) is 0 Å². The quantitative estimate of drug-likeness (QED) is 0.276. The van der Waals surface area contributed by atoms with Crippen molar-refractivity contribution in [3.05, 3.63) is 81.6 Å². The molecule has 6 nitrogen and oxygen atoms in total. The number of para-hydroxylation sites is 2. The molecule has 4 rings (SSSR count). The Morgan fingerprint density at radius 2 is 1.82 bits per heavy atom. The van der Waals surface area contributed by atoms with E-state index in [2.05, 4.69) is 0 Å². The topological polar surface area (TPSA) is 87.1 Å². The van der Waals surface area contributed by atoms with E-state index in [0.717, 1.165) is 5.56 Å². The summed E-state index contributed by atoms with van der Waals surface area (Å²) in [5.41, 5.74) is 1.21. The lowest BCUT2D eigenvalue weighted by atomic mass is 9.84. The van der Waals surface area contributed by atoms with Gasteiger partial charge in [0.1, 0.15) is 23.3 Å². The standard InChI is InChI=1S/C27H27NO5S/c1-5-33-20-13-12-16(15-17(20)27(2,3)4)24(30)22-23(21-11-8-14-34-21)28(26(32)25(22)31)18-9-6-7-10-19(18)29/h6-15,23,29-30H,5H2,1-4H3/b24-22-. The Bertz CT molecular complexity index is 1270. The Hall–Kier alpha value is -3.58. The van der Waals surface area contributed by atoms with Gasteiger partial charge in [0, 0.05) is 16.0 Å². The van der Waals surface area contributed by atoms with Gasteiger partial charge in [-0.25, -0.2) is 0 Å². The first-order chi connectivity index (χ1) is 16.1. The van der Waals surface area contributed by atoms with Gasteiger partial charge < -0.3 is 14.9 Å². The van der Waals surface area contributed by atoms with Crippen LogP contribution < -0.4 is 9.64 Å². The number of rotatable bonds is 5. The van der Waals surface area contributed by atoms with Gasteiger partial charge in [-0.2, -0.15) is 0 Å². The number of phenols is 1. The molecule has 1 aliphatic heterocycles. The first-order valence-electron chi connectivity index (χ1n) is 11.0. The number of carbonyl (C=O) groups is 2. The summed E-state index contributed by atoms with van der Waals surface area (Å²) in [6.45, 7) is 8.52. The van der Waals surface area contributed by atoms with E-state index in [-0.39, 0.29) is 28.2 Å². The van der Waals surface area contributed by atoms with E-state index in [1.54, 1.807) is 42.5 Å². The third-order valence-electron chi connectivity index (χ3n) is 5.76. The zero-order valence-electron chi connectivity index (χ0n) is 19.5. The smallest absolute Gasteiger partial charge is 0.300 e. The number of hydrogen-bond acceptors (Lipinski definition) is 6. The molecule has 2 heterocycles. The van der Waals surface area contributed by atoms with Crippen LogP contribution in [0, 0.1) is 0 Å². The summed E-state index contributed by atoms with van der Waals surface area (Å²) in [6, 6.07) is 14.4. The van der Waals surface area contributed by atoms with E-state index in [1.807, 2.05) is 39.1 Å². The largest absolute Gasteiger partial charge is 0.507 e. The van der Waals surface area contributed by atoms with Gasteiger partial charge in [0.15, 0.2) is 0 Å². The van der Waals surface area contributed by atoms with Gasteiger partial charge in [-0.15, -0.1) is 11.3 Å². The number of ether oxygens (including phenoxy) is 1. The molecule has 3 aromatic rings. The third kappa shape index (κ3) is 4.07. The van der Waals surface area contributed by atoms with Crippen LogP contribution in [0.1, 0.15) is 49.7 Å². The number of Topliss-reactive ketones (excluding diaryl/α,β-unsaturated/α-hetero) is 1. The molecule has 1 amide bonds. The fourth-order valence-corrected chi connectivity index (χ4v) is 4.99. The minimum atomic E-state index is -0.863. The van der Waals surface area contributed by atoms with Gasteiger partial charge in [0.25, 0.3) is 11.7 Å². The third-order valence-corrected chi connectivity index (χ3v) is 6.68. The molecule has 1 unspecified atom stereocenters. The molecule has 2 aromatic carbocycles. The van der Waals surface area contributed by atoms with Crippen LogP contribution in [0.5, 0.6) is 11.5 Å². The number of anilines is 1. The molecular formula is C27H27NO5S. The summed E-state index contributed by atoms with van der Waals surface area (Å²) in [4.78, 5) is 28.4. The molecule has 0 radical (unpaired) electrons. The molecule has 0 spiro atoms. The Morgan fingerprint density at radius 3 is 2.44 bits per heavy atom. The Kier molecular flexibility index (Phi) is 6.23.